The van der Waals surface area contributed by atoms with Gasteiger partial charge in [0.25, 0.3) is 0 Å². The Bertz CT molecular complexity index is 809. The van der Waals surface area contributed by atoms with Crippen LogP contribution < -0.4 is 4.68 Å². The summed E-state index contributed by atoms with van der Waals surface area (Å²) in [6.07, 6.45) is 3.21. The molecular formula is C18H15N2Y-. The molecule has 1 radical (unpaired) electrons. The van der Waals surface area contributed by atoms with Crippen LogP contribution in [-0.4, -0.2) is 5.10 Å². The Morgan fingerprint density at radius 2 is 1.95 bits per heavy atom. The largest absolute Gasteiger partial charge is 0.361 e. The fourth-order valence-corrected chi connectivity index (χ4v) is 2.62. The molecular weight excluding hydrogens is 333 g/mol. The average Bonchev–Trinajstić information content (AvgIpc) is 2.48. The van der Waals surface area contributed by atoms with Crippen LogP contribution >= 0.6 is 0 Å². The second-order valence-electron chi connectivity index (χ2n) is 4.80. The van der Waals surface area contributed by atoms with Gasteiger partial charge in [-0.1, -0.05) is 36.4 Å². The first-order valence-corrected chi connectivity index (χ1v) is 6.53. The van der Waals surface area contributed by atoms with E-state index in [1.54, 1.807) is 12.3 Å². The van der Waals surface area contributed by atoms with Crippen LogP contribution in [0.1, 0.15) is 11.1 Å². The van der Waals surface area contributed by atoms with Gasteiger partial charge >= 0.3 is 0 Å². The van der Waals surface area contributed by atoms with Crippen LogP contribution in [-0.2, 0) is 39.8 Å². The van der Waals surface area contributed by atoms with Crippen molar-refractivity contribution in [2.45, 2.75) is 6.92 Å². The molecule has 0 fully saturated rings. The van der Waals surface area contributed by atoms with Gasteiger partial charge in [-0.3, -0.25) is 5.56 Å². The number of nitrogens with zero attached hydrogens (tertiary/aromatic N) is 2. The summed E-state index contributed by atoms with van der Waals surface area (Å²) < 4.78 is 1.84. The van der Waals surface area contributed by atoms with Crippen molar-refractivity contribution < 1.29 is 37.4 Å². The summed E-state index contributed by atoms with van der Waals surface area (Å²) in [5.41, 5.74) is 4.20. The molecule has 101 valence electrons. The molecule has 21 heavy (non-hydrogen) atoms. The molecule has 0 spiro atoms. The summed E-state index contributed by atoms with van der Waals surface area (Å²) in [6, 6.07) is 15.7. The maximum absolute atomic E-state index is 5.72. The van der Waals surface area contributed by atoms with Crippen LogP contribution in [0.4, 0.5) is 0 Å². The molecule has 1 aromatic heterocycles. The zero-order chi connectivity index (χ0) is 14.1. The van der Waals surface area contributed by atoms with Crippen LogP contribution in [0, 0.1) is 19.6 Å². The fraction of sp³-hybridized carbons (Fsp3) is 0.111. The first kappa shape index (κ1) is 16.0. The molecule has 2 nitrogen and oxygen atoms in total. The zero-order valence-corrected chi connectivity index (χ0v) is 15.0. The molecule has 0 amide bonds. The summed E-state index contributed by atoms with van der Waals surface area (Å²) >= 11 is 0. The number of aromatic nitrogens is 2. The summed E-state index contributed by atoms with van der Waals surface area (Å²) in [7, 11) is 1.92. The number of aryl methyl sites for hydroxylation is 2. The Morgan fingerprint density at radius 3 is 2.71 bits per heavy atom. The molecule has 0 atom stereocenters. The van der Waals surface area contributed by atoms with E-state index in [0.717, 1.165) is 16.8 Å². The molecule has 3 aromatic rings. The molecule has 0 unspecified atom stereocenters. The molecule has 0 aliphatic carbocycles. The van der Waals surface area contributed by atoms with E-state index < -0.39 is 0 Å². The molecule has 3 rings (SSSR count). The minimum Gasteiger partial charge on any atom is -0.361 e. The van der Waals surface area contributed by atoms with Gasteiger partial charge < -0.3 is 12.7 Å². The van der Waals surface area contributed by atoms with E-state index in [2.05, 4.69) is 54.5 Å². The van der Waals surface area contributed by atoms with Crippen LogP contribution in [0.5, 0.6) is 0 Å². The Morgan fingerprint density at radius 1 is 1.19 bits per heavy atom. The van der Waals surface area contributed by atoms with Crippen molar-refractivity contribution in [3.63, 3.8) is 0 Å². The van der Waals surface area contributed by atoms with Gasteiger partial charge in [-0.15, -0.1) is 0 Å². The van der Waals surface area contributed by atoms with Gasteiger partial charge in [-0.2, -0.15) is 4.68 Å². The van der Waals surface area contributed by atoms with Crippen LogP contribution in [0.2, 0.25) is 0 Å². The molecule has 2 aromatic carbocycles. The Balaban J connectivity index is 0.00000161. The maximum Gasteiger partial charge on any atom is 0.151 e. The van der Waals surface area contributed by atoms with Gasteiger partial charge in [0, 0.05) is 38.9 Å². The summed E-state index contributed by atoms with van der Waals surface area (Å²) in [6.45, 7) is 7.85. The van der Waals surface area contributed by atoms with E-state index in [1.165, 1.54) is 16.3 Å². The third-order valence-electron chi connectivity index (χ3n) is 3.65. The van der Waals surface area contributed by atoms with Gasteiger partial charge in [0.15, 0.2) is 7.05 Å². The van der Waals surface area contributed by atoms with Crippen LogP contribution in [0.15, 0.2) is 42.6 Å². The van der Waals surface area contributed by atoms with E-state index in [0.29, 0.717) is 0 Å². The van der Waals surface area contributed by atoms with Crippen molar-refractivity contribution in [3.05, 3.63) is 66.4 Å². The number of hydrogen-bond donors (Lipinski definition) is 0. The maximum atomic E-state index is 5.72. The second kappa shape index (κ2) is 6.59. The third-order valence-corrected chi connectivity index (χ3v) is 3.65. The zero-order valence-electron chi connectivity index (χ0n) is 12.2. The first-order chi connectivity index (χ1) is 9.72. The van der Waals surface area contributed by atoms with E-state index >= 15 is 0 Å². The monoisotopic (exact) mass is 348 g/mol. The Labute approximate surface area is 150 Å². The number of rotatable bonds is 2. The summed E-state index contributed by atoms with van der Waals surface area (Å²) in [5, 5.41) is 6.76. The van der Waals surface area contributed by atoms with Crippen LogP contribution in [0.3, 0.4) is 0 Å². The summed E-state index contributed by atoms with van der Waals surface area (Å²) in [4.78, 5) is 0. The molecule has 3 heteroatoms. The molecule has 0 aliphatic heterocycles. The van der Waals surface area contributed by atoms with Crippen molar-refractivity contribution in [2.24, 2.45) is 7.05 Å². The number of hydrogen-bond acceptors (Lipinski definition) is 1. The quantitative estimate of drug-likeness (QED) is 0.513. The smallest absolute Gasteiger partial charge is 0.151 e. The van der Waals surface area contributed by atoms with Gasteiger partial charge in [-0.25, -0.2) is 6.07 Å². The summed E-state index contributed by atoms with van der Waals surface area (Å²) in [5.74, 6) is 0. The van der Waals surface area contributed by atoms with Crippen molar-refractivity contribution in [2.75, 3.05) is 0 Å². The van der Waals surface area contributed by atoms with E-state index in [1.807, 2.05) is 11.7 Å². The molecule has 0 N–H and O–H groups in total. The standard InChI is InChI=1S/C18H15N2.Y/c1-4-14-11-12-19-20(3)18(14)17-10-9-15-7-5-6-8-16(15)13(17)2;/h1,4-10,12H,2-3H3;/q-1;. The van der Waals surface area contributed by atoms with E-state index in [4.69, 9.17) is 6.58 Å². The predicted molar refractivity (Wildman–Crippen MR) is 80.7 cm³/mol. The topological polar surface area (TPSA) is 16.8 Å². The number of fused-ring (bicyclic) bond motifs is 1. The van der Waals surface area contributed by atoms with Crippen molar-refractivity contribution in [1.29, 1.82) is 0 Å². The normalized spacial score (nSPS) is 10.2. The Kier molecular flexibility index (Phi) is 5.02. The molecule has 0 saturated heterocycles. The van der Waals surface area contributed by atoms with Gasteiger partial charge in [0.1, 0.15) is 0 Å². The average molecular weight is 348 g/mol. The minimum atomic E-state index is 0. The number of benzene rings is 2. The predicted octanol–water partition coefficient (Wildman–Crippen LogP) is 3.28. The second-order valence-corrected chi connectivity index (χ2v) is 4.80. The molecule has 0 saturated carbocycles. The third kappa shape index (κ3) is 2.83. The first-order valence-electron chi connectivity index (χ1n) is 6.53. The molecule has 0 bridgehead atoms. The van der Waals surface area contributed by atoms with Crippen LogP contribution in [0.25, 0.3) is 28.1 Å². The van der Waals surface area contributed by atoms with E-state index in [9.17, 15) is 0 Å². The van der Waals surface area contributed by atoms with Gasteiger partial charge in [0.2, 0.25) is 0 Å². The van der Waals surface area contributed by atoms with Gasteiger partial charge in [-0.05, 0) is 33.9 Å². The molecule has 0 aliphatic rings. The Hall–Kier alpha value is -1.38. The SMILES string of the molecule is [CH-]=Cc1[c-]cn[n+](C)c1-c1ccc2ccccc2c1C.[Y]. The van der Waals surface area contributed by atoms with Crippen molar-refractivity contribution >= 4 is 16.8 Å². The minimum absolute atomic E-state index is 0. The van der Waals surface area contributed by atoms with E-state index in [-0.39, 0.29) is 32.7 Å². The molecule has 1 heterocycles. The van der Waals surface area contributed by atoms with Gasteiger partial charge in [0.05, 0.1) is 5.69 Å². The van der Waals surface area contributed by atoms with Crippen molar-refractivity contribution in [3.8, 4) is 11.3 Å². The fourth-order valence-electron chi connectivity index (χ4n) is 2.62. The van der Waals surface area contributed by atoms with Crippen molar-refractivity contribution in [1.82, 2.24) is 5.10 Å².